The van der Waals surface area contributed by atoms with Gasteiger partial charge in [0.25, 0.3) is 0 Å². The third-order valence-electron chi connectivity index (χ3n) is 2.79. The van der Waals surface area contributed by atoms with Gasteiger partial charge < -0.3 is 4.74 Å². The highest BCUT2D eigenvalue weighted by molar-refractivity contribution is 9.10. The summed E-state index contributed by atoms with van der Waals surface area (Å²) < 4.78 is 6.70. The summed E-state index contributed by atoms with van der Waals surface area (Å²) >= 11 is 5.31. The summed E-state index contributed by atoms with van der Waals surface area (Å²) in [7, 11) is 0. The Hall–Kier alpha value is 0.1000. The van der Waals surface area contributed by atoms with Crippen LogP contribution >= 0.6 is 27.3 Å². The topological polar surface area (TPSA) is 12.5 Å². The fourth-order valence-corrected chi connectivity index (χ4v) is 3.27. The van der Waals surface area contributed by atoms with Gasteiger partial charge in [0.2, 0.25) is 0 Å². The molecule has 15 heavy (non-hydrogen) atoms. The molecule has 1 aliphatic heterocycles. The maximum atomic E-state index is 5.51. The van der Waals surface area contributed by atoms with Gasteiger partial charge >= 0.3 is 0 Å². The van der Waals surface area contributed by atoms with Gasteiger partial charge in [-0.3, -0.25) is 4.90 Å². The van der Waals surface area contributed by atoms with E-state index in [1.54, 1.807) is 0 Å². The zero-order valence-electron chi connectivity index (χ0n) is 9.12. The number of rotatable bonds is 2. The van der Waals surface area contributed by atoms with Crippen LogP contribution in [0.4, 0.5) is 0 Å². The Morgan fingerprint density at radius 1 is 1.60 bits per heavy atom. The molecule has 2 heterocycles. The second-order valence-corrected chi connectivity index (χ2v) is 6.43. The van der Waals surface area contributed by atoms with Gasteiger partial charge in [0.15, 0.2) is 0 Å². The van der Waals surface area contributed by atoms with Crippen molar-refractivity contribution in [1.29, 1.82) is 0 Å². The van der Waals surface area contributed by atoms with E-state index < -0.39 is 0 Å². The molecule has 0 unspecified atom stereocenters. The fraction of sp³-hybridized carbons (Fsp3) is 0.636. The van der Waals surface area contributed by atoms with Crippen LogP contribution in [0.2, 0.25) is 0 Å². The second kappa shape index (κ2) is 4.53. The van der Waals surface area contributed by atoms with Gasteiger partial charge in [-0.15, -0.1) is 11.3 Å². The molecule has 0 aromatic carbocycles. The molecule has 0 saturated carbocycles. The molecule has 2 nitrogen and oxygen atoms in total. The van der Waals surface area contributed by atoms with Crippen molar-refractivity contribution in [2.45, 2.75) is 25.9 Å². The fourth-order valence-electron chi connectivity index (χ4n) is 1.81. The molecule has 0 bridgehead atoms. The Balaban J connectivity index is 2.04. The molecule has 0 atom stereocenters. The maximum Gasteiger partial charge on any atom is 0.0645 e. The van der Waals surface area contributed by atoms with Gasteiger partial charge in [-0.25, -0.2) is 0 Å². The van der Waals surface area contributed by atoms with Gasteiger partial charge in [0.05, 0.1) is 13.2 Å². The lowest BCUT2D eigenvalue weighted by Crippen LogP contribution is -2.52. The zero-order chi connectivity index (χ0) is 10.9. The molecular formula is C11H16BrNOS. The normalized spacial score (nSPS) is 21.8. The maximum absolute atomic E-state index is 5.51. The molecule has 1 saturated heterocycles. The average molecular weight is 290 g/mol. The first-order chi connectivity index (χ1) is 7.08. The van der Waals surface area contributed by atoms with Crippen LogP contribution in [0, 0.1) is 0 Å². The van der Waals surface area contributed by atoms with Gasteiger partial charge in [0.1, 0.15) is 0 Å². The van der Waals surface area contributed by atoms with Gasteiger partial charge in [0, 0.05) is 33.4 Å². The Morgan fingerprint density at radius 3 is 3.00 bits per heavy atom. The summed E-state index contributed by atoms with van der Waals surface area (Å²) in [4.78, 5) is 3.91. The summed E-state index contributed by atoms with van der Waals surface area (Å²) in [6, 6.07) is 2.20. The Morgan fingerprint density at radius 2 is 2.40 bits per heavy atom. The Bertz CT molecular complexity index is 337. The van der Waals surface area contributed by atoms with E-state index in [0.29, 0.717) is 0 Å². The van der Waals surface area contributed by atoms with E-state index >= 15 is 0 Å². The minimum absolute atomic E-state index is 0.161. The van der Waals surface area contributed by atoms with Crippen molar-refractivity contribution in [1.82, 2.24) is 4.90 Å². The lowest BCUT2D eigenvalue weighted by molar-refractivity contribution is -0.0548. The number of morpholine rings is 1. The molecule has 0 aliphatic carbocycles. The molecule has 84 valence electrons. The molecular weight excluding hydrogens is 274 g/mol. The molecule has 1 aliphatic rings. The molecule has 1 aromatic heterocycles. The van der Waals surface area contributed by atoms with Crippen LogP contribution < -0.4 is 0 Å². The summed E-state index contributed by atoms with van der Waals surface area (Å²) in [6.45, 7) is 8.24. The van der Waals surface area contributed by atoms with E-state index in [4.69, 9.17) is 4.74 Å². The minimum atomic E-state index is 0.161. The molecule has 1 fully saturated rings. The SMILES string of the molecule is CC1(C)COCCN1Cc1cc(Br)cs1. The minimum Gasteiger partial charge on any atom is -0.378 e. The average Bonchev–Trinajstić information content (AvgIpc) is 2.55. The first-order valence-electron chi connectivity index (χ1n) is 5.14. The van der Waals surface area contributed by atoms with Gasteiger partial charge in [-0.1, -0.05) is 0 Å². The van der Waals surface area contributed by atoms with E-state index in [2.05, 4.69) is 46.1 Å². The summed E-state index contributed by atoms with van der Waals surface area (Å²) in [5.41, 5.74) is 0.161. The van der Waals surface area contributed by atoms with E-state index in [-0.39, 0.29) is 5.54 Å². The highest BCUT2D eigenvalue weighted by Crippen LogP contribution is 2.26. The number of nitrogens with zero attached hydrogens (tertiary/aromatic N) is 1. The van der Waals surface area contributed by atoms with Crippen molar-refractivity contribution < 1.29 is 4.74 Å². The molecule has 0 spiro atoms. The number of hydrogen-bond acceptors (Lipinski definition) is 3. The first-order valence-corrected chi connectivity index (χ1v) is 6.81. The van der Waals surface area contributed by atoms with Crippen LogP contribution in [0.3, 0.4) is 0 Å². The molecule has 2 rings (SSSR count). The van der Waals surface area contributed by atoms with Crippen LogP contribution in [0.1, 0.15) is 18.7 Å². The van der Waals surface area contributed by atoms with E-state index in [1.165, 1.54) is 9.35 Å². The summed E-state index contributed by atoms with van der Waals surface area (Å²) in [5, 5.41) is 2.14. The van der Waals surface area contributed by atoms with E-state index in [1.807, 2.05) is 11.3 Å². The van der Waals surface area contributed by atoms with E-state index in [0.717, 1.165) is 26.3 Å². The quantitative estimate of drug-likeness (QED) is 0.830. The van der Waals surface area contributed by atoms with Crippen molar-refractivity contribution in [3.05, 3.63) is 20.8 Å². The van der Waals surface area contributed by atoms with Crippen LogP contribution in [-0.4, -0.2) is 30.2 Å². The summed E-state index contributed by atoms with van der Waals surface area (Å²) in [5.74, 6) is 0. The Kier molecular flexibility index (Phi) is 3.50. The van der Waals surface area contributed by atoms with Crippen molar-refractivity contribution in [2.24, 2.45) is 0 Å². The third-order valence-corrected chi connectivity index (χ3v) is 4.47. The number of thiophene rings is 1. The molecule has 0 N–H and O–H groups in total. The predicted molar refractivity (Wildman–Crippen MR) is 67.3 cm³/mol. The van der Waals surface area contributed by atoms with Crippen LogP contribution in [-0.2, 0) is 11.3 Å². The van der Waals surface area contributed by atoms with Gasteiger partial charge in [-0.05, 0) is 35.8 Å². The largest absolute Gasteiger partial charge is 0.378 e. The highest BCUT2D eigenvalue weighted by Gasteiger charge is 2.30. The summed E-state index contributed by atoms with van der Waals surface area (Å²) in [6.07, 6.45) is 0. The van der Waals surface area contributed by atoms with Crippen LogP contribution in [0.15, 0.2) is 15.9 Å². The highest BCUT2D eigenvalue weighted by atomic mass is 79.9. The third kappa shape index (κ3) is 2.81. The van der Waals surface area contributed by atoms with Crippen molar-refractivity contribution in [2.75, 3.05) is 19.8 Å². The lowest BCUT2D eigenvalue weighted by atomic mass is 10.0. The number of ether oxygens (including phenoxy) is 1. The van der Waals surface area contributed by atoms with E-state index in [9.17, 15) is 0 Å². The predicted octanol–water partition coefficient (Wildman–Crippen LogP) is 3.12. The Labute approximate surface area is 103 Å². The van der Waals surface area contributed by atoms with Gasteiger partial charge in [-0.2, -0.15) is 0 Å². The second-order valence-electron chi connectivity index (χ2n) is 4.52. The van der Waals surface area contributed by atoms with Crippen LogP contribution in [0.5, 0.6) is 0 Å². The smallest absolute Gasteiger partial charge is 0.0645 e. The molecule has 1 aromatic rings. The number of hydrogen-bond donors (Lipinski definition) is 0. The lowest BCUT2D eigenvalue weighted by Gasteiger charge is -2.41. The molecule has 0 radical (unpaired) electrons. The van der Waals surface area contributed by atoms with Crippen molar-refractivity contribution in [3.63, 3.8) is 0 Å². The van der Waals surface area contributed by atoms with Crippen molar-refractivity contribution in [3.8, 4) is 0 Å². The monoisotopic (exact) mass is 289 g/mol. The molecule has 0 amide bonds. The standard InChI is InChI=1S/C11H16BrNOS/c1-11(2)8-14-4-3-13(11)6-10-5-9(12)7-15-10/h5,7H,3-4,6,8H2,1-2H3. The number of halogens is 1. The van der Waals surface area contributed by atoms with Crippen molar-refractivity contribution >= 4 is 27.3 Å². The first kappa shape index (κ1) is 11.6. The molecule has 4 heteroatoms. The van der Waals surface area contributed by atoms with Crippen LogP contribution in [0.25, 0.3) is 0 Å². The zero-order valence-corrected chi connectivity index (χ0v) is 11.5.